The van der Waals surface area contributed by atoms with Crippen molar-refractivity contribution in [1.82, 2.24) is 19.1 Å². The van der Waals surface area contributed by atoms with Crippen LogP contribution in [0.25, 0.3) is 110 Å². The molecule has 270 valence electrons. The van der Waals surface area contributed by atoms with Crippen molar-refractivity contribution in [3.05, 3.63) is 206 Å². The Morgan fingerprint density at radius 2 is 0.741 bits per heavy atom. The lowest BCUT2D eigenvalue weighted by Gasteiger charge is -2.10. The number of aromatic nitrogens is 4. The van der Waals surface area contributed by atoms with Gasteiger partial charge >= 0.3 is 0 Å². The molecule has 0 spiro atoms. The standard InChI is InChI=1S/C54H34N4/c1-4-12-35(13-5-1)38-22-26-49-45(30-38)46-32-40(24-27-50(46)57(49)43-17-8-3-9-18-43)41-25-29-52-48(33-41)47-31-39(36-14-6-2-7-15-36)23-28-51(47)58(52)54-55-34-42-21-20-37-16-10-11-19-44(37)53(42)56-54/h1-34H. The fraction of sp³-hybridized carbons (Fsp3) is 0. The molecule has 4 heteroatoms. The molecule has 0 aliphatic heterocycles. The summed E-state index contributed by atoms with van der Waals surface area (Å²) in [6.07, 6.45) is 1.96. The van der Waals surface area contributed by atoms with Crippen LogP contribution in [0.2, 0.25) is 0 Å². The quantitative estimate of drug-likeness (QED) is 0.165. The Labute approximate surface area is 334 Å². The Hall–Kier alpha value is -7.82. The van der Waals surface area contributed by atoms with E-state index in [0.717, 1.165) is 49.3 Å². The summed E-state index contributed by atoms with van der Waals surface area (Å²) in [5.41, 5.74) is 13.7. The second kappa shape index (κ2) is 12.9. The third-order valence-electron chi connectivity index (χ3n) is 11.8. The third-order valence-corrected chi connectivity index (χ3v) is 11.8. The molecule has 3 heterocycles. The van der Waals surface area contributed by atoms with Gasteiger partial charge in [0.1, 0.15) is 0 Å². The monoisotopic (exact) mass is 738 g/mol. The molecular weight excluding hydrogens is 705 g/mol. The minimum atomic E-state index is 0.661. The maximum Gasteiger partial charge on any atom is 0.235 e. The average molecular weight is 739 g/mol. The molecule has 0 fully saturated rings. The van der Waals surface area contributed by atoms with E-state index in [1.165, 1.54) is 55.0 Å². The number of hydrogen-bond donors (Lipinski definition) is 0. The van der Waals surface area contributed by atoms with Gasteiger partial charge in [-0.15, -0.1) is 0 Å². The summed E-state index contributed by atoms with van der Waals surface area (Å²) >= 11 is 0. The highest BCUT2D eigenvalue weighted by atomic mass is 15.2. The van der Waals surface area contributed by atoms with Gasteiger partial charge in [0.25, 0.3) is 0 Å². The van der Waals surface area contributed by atoms with Crippen LogP contribution in [-0.2, 0) is 0 Å². The van der Waals surface area contributed by atoms with Crippen molar-refractivity contribution in [3.63, 3.8) is 0 Å². The van der Waals surface area contributed by atoms with Gasteiger partial charge in [-0.05, 0) is 99.4 Å². The SMILES string of the molecule is c1ccc(-c2ccc3c(c2)c2cc(-c4ccc5c(c4)c4cc(-c6ccccc6)ccc4n5-c4ncc5ccc6ccccc6c5n4)ccc2n3-c2ccccc2)cc1. The lowest BCUT2D eigenvalue weighted by molar-refractivity contribution is 1.01. The second-order valence-corrected chi connectivity index (χ2v) is 15.1. The number of hydrogen-bond acceptors (Lipinski definition) is 2. The van der Waals surface area contributed by atoms with E-state index in [0.29, 0.717) is 5.95 Å². The van der Waals surface area contributed by atoms with Crippen LogP contribution < -0.4 is 0 Å². The Balaban J connectivity index is 1.09. The van der Waals surface area contributed by atoms with Crippen molar-refractivity contribution < 1.29 is 0 Å². The predicted molar refractivity (Wildman–Crippen MR) is 242 cm³/mol. The molecule has 12 aromatic rings. The maximum absolute atomic E-state index is 5.28. The average Bonchev–Trinajstić information content (AvgIpc) is 3.81. The van der Waals surface area contributed by atoms with Crippen LogP contribution in [-0.4, -0.2) is 19.1 Å². The van der Waals surface area contributed by atoms with Crippen LogP contribution >= 0.6 is 0 Å². The zero-order valence-corrected chi connectivity index (χ0v) is 31.4. The van der Waals surface area contributed by atoms with Gasteiger partial charge in [-0.2, -0.15) is 0 Å². The lowest BCUT2D eigenvalue weighted by Crippen LogP contribution is -2.01. The highest BCUT2D eigenvalue weighted by Gasteiger charge is 2.19. The molecule has 0 aliphatic carbocycles. The number of rotatable bonds is 5. The van der Waals surface area contributed by atoms with E-state index in [4.69, 9.17) is 9.97 Å². The van der Waals surface area contributed by atoms with E-state index in [-0.39, 0.29) is 0 Å². The molecule has 9 aromatic carbocycles. The Morgan fingerprint density at radius 3 is 1.28 bits per heavy atom. The maximum atomic E-state index is 5.28. The van der Waals surface area contributed by atoms with Crippen molar-refractivity contribution in [2.75, 3.05) is 0 Å². The molecule has 0 aliphatic rings. The van der Waals surface area contributed by atoms with Gasteiger partial charge < -0.3 is 4.57 Å². The first kappa shape index (κ1) is 32.4. The summed E-state index contributed by atoms with van der Waals surface area (Å²) in [6, 6.07) is 72.0. The van der Waals surface area contributed by atoms with Crippen molar-refractivity contribution in [2.45, 2.75) is 0 Å². The summed E-state index contributed by atoms with van der Waals surface area (Å²) in [5.74, 6) is 0.661. The molecule has 4 nitrogen and oxygen atoms in total. The largest absolute Gasteiger partial charge is 0.309 e. The van der Waals surface area contributed by atoms with E-state index < -0.39 is 0 Å². The molecular formula is C54H34N4. The first-order chi connectivity index (χ1) is 28.7. The topological polar surface area (TPSA) is 35.6 Å². The van der Waals surface area contributed by atoms with Gasteiger partial charge in [-0.3, -0.25) is 4.57 Å². The molecule has 58 heavy (non-hydrogen) atoms. The van der Waals surface area contributed by atoms with Gasteiger partial charge in [-0.25, -0.2) is 9.97 Å². The van der Waals surface area contributed by atoms with Crippen molar-refractivity contribution in [3.8, 4) is 45.0 Å². The van der Waals surface area contributed by atoms with Crippen LogP contribution in [0, 0.1) is 0 Å². The van der Waals surface area contributed by atoms with Crippen molar-refractivity contribution >= 4 is 65.3 Å². The zero-order chi connectivity index (χ0) is 38.2. The molecule has 3 aromatic heterocycles. The first-order valence-electron chi connectivity index (χ1n) is 19.7. The number of fused-ring (bicyclic) bond motifs is 9. The van der Waals surface area contributed by atoms with E-state index in [1.807, 2.05) is 6.20 Å². The van der Waals surface area contributed by atoms with Gasteiger partial charge in [0, 0.05) is 44.2 Å². The van der Waals surface area contributed by atoms with Crippen LogP contribution in [0.15, 0.2) is 206 Å². The molecule has 0 bridgehead atoms. The van der Waals surface area contributed by atoms with E-state index in [2.05, 4.69) is 209 Å². The van der Waals surface area contributed by atoms with Crippen LogP contribution in [0.4, 0.5) is 0 Å². The second-order valence-electron chi connectivity index (χ2n) is 15.1. The highest BCUT2D eigenvalue weighted by Crippen LogP contribution is 2.40. The van der Waals surface area contributed by atoms with Gasteiger partial charge in [0.05, 0.1) is 27.6 Å². The number of benzene rings is 9. The highest BCUT2D eigenvalue weighted by molar-refractivity contribution is 6.14. The summed E-state index contributed by atoms with van der Waals surface area (Å²) in [6.45, 7) is 0. The number of nitrogens with zero attached hydrogens (tertiary/aromatic N) is 4. The fourth-order valence-corrected chi connectivity index (χ4v) is 8.96. The first-order valence-corrected chi connectivity index (χ1v) is 19.7. The van der Waals surface area contributed by atoms with Crippen LogP contribution in [0.3, 0.4) is 0 Å². The fourth-order valence-electron chi connectivity index (χ4n) is 8.96. The summed E-state index contributed by atoms with van der Waals surface area (Å²) in [4.78, 5) is 10.3. The lowest BCUT2D eigenvalue weighted by atomic mass is 9.98. The smallest absolute Gasteiger partial charge is 0.235 e. The molecule has 0 radical (unpaired) electrons. The summed E-state index contributed by atoms with van der Waals surface area (Å²) in [7, 11) is 0. The Kier molecular flexibility index (Phi) is 7.20. The molecule has 0 atom stereocenters. The Bertz CT molecular complexity index is 3550. The van der Waals surface area contributed by atoms with Gasteiger partial charge in [-0.1, -0.05) is 140 Å². The normalized spacial score (nSPS) is 11.8. The number of para-hydroxylation sites is 1. The molecule has 0 amide bonds. The molecule has 0 unspecified atom stereocenters. The summed E-state index contributed by atoms with van der Waals surface area (Å²) in [5, 5.41) is 8.08. The third kappa shape index (κ3) is 5.09. The predicted octanol–water partition coefficient (Wildman–Crippen LogP) is 14.0. The van der Waals surface area contributed by atoms with Crippen LogP contribution in [0.1, 0.15) is 0 Å². The van der Waals surface area contributed by atoms with Gasteiger partial charge in [0.2, 0.25) is 5.95 Å². The van der Waals surface area contributed by atoms with E-state index >= 15 is 0 Å². The minimum Gasteiger partial charge on any atom is -0.309 e. The summed E-state index contributed by atoms with van der Waals surface area (Å²) < 4.78 is 4.62. The zero-order valence-electron chi connectivity index (χ0n) is 31.4. The van der Waals surface area contributed by atoms with Crippen molar-refractivity contribution in [2.24, 2.45) is 0 Å². The molecule has 12 rings (SSSR count). The molecule has 0 saturated heterocycles. The Morgan fingerprint density at radius 1 is 0.310 bits per heavy atom. The van der Waals surface area contributed by atoms with E-state index in [9.17, 15) is 0 Å². The molecule has 0 saturated carbocycles. The minimum absolute atomic E-state index is 0.661. The van der Waals surface area contributed by atoms with E-state index in [1.54, 1.807) is 0 Å². The van der Waals surface area contributed by atoms with Gasteiger partial charge in [0.15, 0.2) is 0 Å². The van der Waals surface area contributed by atoms with Crippen molar-refractivity contribution in [1.29, 1.82) is 0 Å². The van der Waals surface area contributed by atoms with Crippen LogP contribution in [0.5, 0.6) is 0 Å². The molecule has 0 N–H and O–H groups in total.